The SMILES string of the molecule is OB(O)c1cc(F)ccc1COc1ccc(F)cc1F. The van der Waals surface area contributed by atoms with E-state index in [1.165, 1.54) is 6.07 Å². The second-order valence-electron chi connectivity index (χ2n) is 4.08. The van der Waals surface area contributed by atoms with E-state index in [2.05, 4.69) is 0 Å². The minimum Gasteiger partial charge on any atom is -0.486 e. The van der Waals surface area contributed by atoms with Crippen LogP contribution in [-0.2, 0) is 6.61 Å². The van der Waals surface area contributed by atoms with Gasteiger partial charge in [0, 0.05) is 6.07 Å². The van der Waals surface area contributed by atoms with E-state index in [1.807, 2.05) is 0 Å². The Kier molecular flexibility index (Phi) is 4.31. The first-order valence-corrected chi connectivity index (χ1v) is 5.69. The van der Waals surface area contributed by atoms with Gasteiger partial charge in [-0.05, 0) is 35.3 Å². The van der Waals surface area contributed by atoms with Gasteiger partial charge in [0.2, 0.25) is 0 Å². The van der Waals surface area contributed by atoms with Crippen LogP contribution in [0.1, 0.15) is 5.56 Å². The van der Waals surface area contributed by atoms with Gasteiger partial charge < -0.3 is 14.8 Å². The Morgan fingerprint density at radius 2 is 1.60 bits per heavy atom. The van der Waals surface area contributed by atoms with E-state index >= 15 is 0 Å². The molecule has 0 aromatic heterocycles. The summed E-state index contributed by atoms with van der Waals surface area (Å²) in [7, 11) is -1.87. The van der Waals surface area contributed by atoms with Crippen LogP contribution in [0.25, 0.3) is 0 Å². The van der Waals surface area contributed by atoms with Crippen LogP contribution in [0, 0.1) is 17.5 Å². The van der Waals surface area contributed by atoms with E-state index in [4.69, 9.17) is 14.8 Å². The Morgan fingerprint density at radius 1 is 0.950 bits per heavy atom. The normalized spacial score (nSPS) is 10.4. The number of hydrogen-bond acceptors (Lipinski definition) is 3. The molecule has 0 amide bonds. The molecular formula is C13H10BF3O3. The standard InChI is InChI=1S/C13H10BF3O3/c15-9-2-1-8(11(5-9)14(18)19)7-20-13-4-3-10(16)6-12(13)17/h1-6,18-19H,7H2. The molecule has 0 atom stereocenters. The van der Waals surface area contributed by atoms with E-state index < -0.39 is 24.6 Å². The van der Waals surface area contributed by atoms with E-state index in [0.717, 1.165) is 24.3 Å². The van der Waals surface area contributed by atoms with Crippen LogP contribution in [0.5, 0.6) is 5.75 Å². The lowest BCUT2D eigenvalue weighted by molar-refractivity contribution is 0.289. The zero-order valence-corrected chi connectivity index (χ0v) is 10.2. The minimum absolute atomic E-state index is 0.0764. The molecule has 2 aromatic carbocycles. The van der Waals surface area contributed by atoms with Crippen LogP contribution >= 0.6 is 0 Å². The molecule has 2 rings (SSSR count). The molecule has 2 aromatic rings. The zero-order chi connectivity index (χ0) is 14.7. The van der Waals surface area contributed by atoms with Gasteiger partial charge in [-0.1, -0.05) is 6.07 Å². The molecule has 0 aliphatic heterocycles. The Hall–Kier alpha value is -1.99. The third kappa shape index (κ3) is 3.31. The fourth-order valence-corrected chi connectivity index (χ4v) is 1.69. The summed E-state index contributed by atoms with van der Waals surface area (Å²) >= 11 is 0. The van der Waals surface area contributed by atoms with Crippen LogP contribution in [0.3, 0.4) is 0 Å². The molecule has 0 aliphatic rings. The van der Waals surface area contributed by atoms with Crippen LogP contribution in [0.2, 0.25) is 0 Å². The third-order valence-corrected chi connectivity index (χ3v) is 2.66. The molecule has 0 spiro atoms. The highest BCUT2D eigenvalue weighted by molar-refractivity contribution is 6.59. The van der Waals surface area contributed by atoms with Crippen molar-refractivity contribution in [1.82, 2.24) is 0 Å². The average molecular weight is 282 g/mol. The van der Waals surface area contributed by atoms with Crippen LogP contribution in [-0.4, -0.2) is 17.2 Å². The molecule has 3 nitrogen and oxygen atoms in total. The van der Waals surface area contributed by atoms with E-state index in [9.17, 15) is 13.2 Å². The first-order valence-electron chi connectivity index (χ1n) is 5.69. The van der Waals surface area contributed by atoms with Crippen LogP contribution in [0.15, 0.2) is 36.4 Å². The van der Waals surface area contributed by atoms with Crippen molar-refractivity contribution in [2.75, 3.05) is 0 Å². The summed E-state index contributed by atoms with van der Waals surface area (Å²) in [6.45, 7) is -0.213. The Bertz CT molecular complexity index is 620. The van der Waals surface area contributed by atoms with Crippen molar-refractivity contribution in [3.63, 3.8) is 0 Å². The number of ether oxygens (including phenoxy) is 1. The molecule has 7 heteroatoms. The fourth-order valence-electron chi connectivity index (χ4n) is 1.69. The van der Waals surface area contributed by atoms with Gasteiger partial charge in [0.25, 0.3) is 0 Å². The number of halogens is 3. The van der Waals surface area contributed by atoms with Gasteiger partial charge in [-0.15, -0.1) is 0 Å². The molecule has 0 heterocycles. The van der Waals surface area contributed by atoms with Gasteiger partial charge in [-0.25, -0.2) is 13.2 Å². The second kappa shape index (κ2) is 5.98. The molecule has 2 N–H and O–H groups in total. The topological polar surface area (TPSA) is 49.7 Å². The maximum atomic E-state index is 13.4. The maximum Gasteiger partial charge on any atom is 0.488 e. The molecule has 0 saturated heterocycles. The highest BCUT2D eigenvalue weighted by atomic mass is 19.1. The van der Waals surface area contributed by atoms with Crippen molar-refractivity contribution in [2.45, 2.75) is 6.61 Å². The minimum atomic E-state index is -1.87. The van der Waals surface area contributed by atoms with Gasteiger partial charge in [-0.3, -0.25) is 0 Å². The van der Waals surface area contributed by atoms with Crippen molar-refractivity contribution in [1.29, 1.82) is 0 Å². The largest absolute Gasteiger partial charge is 0.488 e. The monoisotopic (exact) mass is 282 g/mol. The van der Waals surface area contributed by atoms with Crippen molar-refractivity contribution >= 4 is 12.6 Å². The molecule has 0 fully saturated rings. The summed E-state index contributed by atoms with van der Waals surface area (Å²) in [5.74, 6) is -2.43. The predicted octanol–water partition coefficient (Wildman–Crippen LogP) is 1.36. The Labute approximate surface area is 113 Å². The summed E-state index contributed by atoms with van der Waals surface area (Å²) in [4.78, 5) is 0. The van der Waals surface area contributed by atoms with Crippen molar-refractivity contribution in [3.8, 4) is 5.75 Å². The molecule has 0 radical (unpaired) electrons. The number of rotatable bonds is 4. The molecular weight excluding hydrogens is 272 g/mol. The summed E-state index contributed by atoms with van der Waals surface area (Å²) in [6, 6.07) is 6.18. The molecule has 0 unspecified atom stereocenters. The van der Waals surface area contributed by atoms with Gasteiger partial charge in [0.1, 0.15) is 18.2 Å². The van der Waals surface area contributed by atoms with E-state index in [1.54, 1.807) is 0 Å². The van der Waals surface area contributed by atoms with Crippen LogP contribution < -0.4 is 10.2 Å². The first-order chi connectivity index (χ1) is 9.47. The maximum absolute atomic E-state index is 13.4. The van der Waals surface area contributed by atoms with Crippen molar-refractivity contribution < 1.29 is 28.0 Å². The molecule has 104 valence electrons. The molecule has 0 saturated carbocycles. The fraction of sp³-hybridized carbons (Fsp3) is 0.0769. The quantitative estimate of drug-likeness (QED) is 0.832. The van der Waals surface area contributed by atoms with Crippen molar-refractivity contribution in [2.24, 2.45) is 0 Å². The molecule has 0 bridgehead atoms. The summed E-state index contributed by atoms with van der Waals surface area (Å²) in [5, 5.41) is 18.3. The van der Waals surface area contributed by atoms with Crippen LogP contribution in [0.4, 0.5) is 13.2 Å². The van der Waals surface area contributed by atoms with Crippen molar-refractivity contribution in [3.05, 3.63) is 59.4 Å². The predicted molar refractivity (Wildman–Crippen MR) is 66.9 cm³/mol. The van der Waals surface area contributed by atoms with Gasteiger partial charge in [0.05, 0.1) is 0 Å². The smallest absolute Gasteiger partial charge is 0.486 e. The third-order valence-electron chi connectivity index (χ3n) is 2.66. The lowest BCUT2D eigenvalue weighted by atomic mass is 9.77. The average Bonchev–Trinajstić information content (AvgIpc) is 2.38. The lowest BCUT2D eigenvalue weighted by Crippen LogP contribution is -2.34. The summed E-state index contributed by atoms with van der Waals surface area (Å²) in [5.41, 5.74) is 0.206. The highest BCUT2D eigenvalue weighted by Crippen LogP contribution is 2.18. The molecule has 20 heavy (non-hydrogen) atoms. The summed E-state index contributed by atoms with van der Waals surface area (Å²) < 4.78 is 44.2. The molecule has 0 aliphatic carbocycles. The number of hydrogen-bond donors (Lipinski definition) is 2. The second-order valence-corrected chi connectivity index (χ2v) is 4.08. The van der Waals surface area contributed by atoms with E-state index in [-0.39, 0.29) is 23.4 Å². The first kappa shape index (κ1) is 14.4. The van der Waals surface area contributed by atoms with Gasteiger partial charge in [0.15, 0.2) is 11.6 Å². The summed E-state index contributed by atoms with van der Waals surface area (Å²) in [6.07, 6.45) is 0. The number of benzene rings is 2. The highest BCUT2D eigenvalue weighted by Gasteiger charge is 2.17. The van der Waals surface area contributed by atoms with Gasteiger partial charge >= 0.3 is 7.12 Å². The van der Waals surface area contributed by atoms with Gasteiger partial charge in [-0.2, -0.15) is 0 Å². The zero-order valence-electron chi connectivity index (χ0n) is 10.2. The Morgan fingerprint density at radius 3 is 2.25 bits per heavy atom. The lowest BCUT2D eigenvalue weighted by Gasteiger charge is -2.11. The van der Waals surface area contributed by atoms with E-state index in [0.29, 0.717) is 6.07 Å². The Balaban J connectivity index is 2.18.